The number of halogens is 5. The number of esters is 1. The molecule has 1 aromatic carbocycles. The molecule has 0 radical (unpaired) electrons. The molecule has 0 aliphatic heterocycles. The number of ether oxygens (including phenoxy) is 3. The maximum atomic E-state index is 13.6. The number of hydrogen-bond acceptors (Lipinski definition) is 4. The Kier molecular flexibility index (Phi) is 6.45. The maximum absolute atomic E-state index is 13.6. The molecule has 0 bridgehead atoms. The molecule has 1 aromatic rings. The van der Waals surface area contributed by atoms with Crippen LogP contribution in [0.25, 0.3) is 0 Å². The van der Waals surface area contributed by atoms with Crippen molar-refractivity contribution in [1.29, 1.82) is 0 Å². The van der Waals surface area contributed by atoms with E-state index in [0.29, 0.717) is 0 Å². The molecule has 0 aliphatic rings. The van der Waals surface area contributed by atoms with E-state index in [1.807, 2.05) is 0 Å². The lowest BCUT2D eigenvalue weighted by Gasteiger charge is -2.13. The minimum atomic E-state index is -4.99. The van der Waals surface area contributed by atoms with E-state index >= 15 is 0 Å². The molecule has 1 rings (SSSR count). The molecule has 122 valence electrons. The molecule has 0 N–H and O–H groups in total. The van der Waals surface area contributed by atoms with Gasteiger partial charge in [-0.15, -0.1) is 13.2 Å². The SMILES string of the molecule is CCOC(=O)/C=C(\C)Oc1cc(F)c(OC(F)(F)F)cc1I. The number of hydrogen-bond donors (Lipinski definition) is 0. The Hall–Kier alpha value is -1.52. The number of carbonyl (C=O) groups is 1. The van der Waals surface area contributed by atoms with Gasteiger partial charge in [0.15, 0.2) is 11.6 Å². The van der Waals surface area contributed by atoms with E-state index in [-0.39, 0.29) is 21.7 Å². The van der Waals surface area contributed by atoms with Gasteiger partial charge in [0.2, 0.25) is 0 Å². The van der Waals surface area contributed by atoms with Crippen LogP contribution in [0.15, 0.2) is 24.0 Å². The van der Waals surface area contributed by atoms with Crippen LogP contribution in [0.2, 0.25) is 0 Å². The molecule has 0 amide bonds. The summed E-state index contributed by atoms with van der Waals surface area (Å²) >= 11 is 1.66. The number of alkyl halides is 3. The summed E-state index contributed by atoms with van der Waals surface area (Å²) < 4.78 is 63.5. The average molecular weight is 434 g/mol. The fourth-order valence-electron chi connectivity index (χ4n) is 1.34. The van der Waals surface area contributed by atoms with Crippen LogP contribution in [0, 0.1) is 9.39 Å². The summed E-state index contributed by atoms with van der Waals surface area (Å²) in [6.07, 6.45) is -3.95. The molecule has 0 saturated carbocycles. The summed E-state index contributed by atoms with van der Waals surface area (Å²) in [4.78, 5) is 11.2. The minimum Gasteiger partial charge on any atom is -0.463 e. The van der Waals surface area contributed by atoms with Crippen LogP contribution >= 0.6 is 22.6 Å². The number of carbonyl (C=O) groups excluding carboxylic acids is 1. The van der Waals surface area contributed by atoms with E-state index in [1.165, 1.54) is 6.92 Å². The van der Waals surface area contributed by atoms with Crippen LogP contribution in [0.1, 0.15) is 13.8 Å². The first-order valence-corrected chi connectivity index (χ1v) is 6.98. The highest BCUT2D eigenvalue weighted by Gasteiger charge is 2.32. The molecule has 0 atom stereocenters. The average Bonchev–Trinajstić information content (AvgIpc) is 2.33. The van der Waals surface area contributed by atoms with Crippen LogP contribution in [0.3, 0.4) is 0 Å². The lowest BCUT2D eigenvalue weighted by molar-refractivity contribution is -0.275. The van der Waals surface area contributed by atoms with Gasteiger partial charge in [-0.05, 0) is 36.4 Å². The molecule has 22 heavy (non-hydrogen) atoms. The molecular weight excluding hydrogens is 423 g/mol. The van der Waals surface area contributed by atoms with Crippen molar-refractivity contribution >= 4 is 28.6 Å². The lowest BCUT2D eigenvalue weighted by atomic mass is 10.3. The zero-order valence-corrected chi connectivity index (χ0v) is 13.6. The van der Waals surface area contributed by atoms with Crippen molar-refractivity contribution < 1.29 is 36.6 Å². The molecule has 0 heterocycles. The monoisotopic (exact) mass is 434 g/mol. The number of allylic oxidation sites excluding steroid dienone is 1. The lowest BCUT2D eigenvalue weighted by Crippen LogP contribution is -2.18. The van der Waals surface area contributed by atoms with Crippen LogP contribution in [-0.2, 0) is 9.53 Å². The molecule has 4 nitrogen and oxygen atoms in total. The first kappa shape index (κ1) is 18.5. The van der Waals surface area contributed by atoms with Gasteiger partial charge in [-0.25, -0.2) is 9.18 Å². The third kappa shape index (κ3) is 6.08. The summed E-state index contributed by atoms with van der Waals surface area (Å²) in [6, 6.07) is 1.59. The van der Waals surface area contributed by atoms with Gasteiger partial charge in [0.25, 0.3) is 0 Å². The van der Waals surface area contributed by atoms with Crippen molar-refractivity contribution in [2.24, 2.45) is 0 Å². The second-order valence-corrected chi connectivity index (χ2v) is 5.03. The van der Waals surface area contributed by atoms with Gasteiger partial charge in [0, 0.05) is 12.1 Å². The van der Waals surface area contributed by atoms with Gasteiger partial charge >= 0.3 is 12.3 Å². The Balaban J connectivity index is 2.94. The van der Waals surface area contributed by atoms with Crippen molar-refractivity contribution in [3.05, 3.63) is 33.4 Å². The Labute approximate surface area is 137 Å². The van der Waals surface area contributed by atoms with Crippen molar-refractivity contribution in [3.8, 4) is 11.5 Å². The largest absolute Gasteiger partial charge is 0.573 e. The van der Waals surface area contributed by atoms with E-state index in [2.05, 4.69) is 9.47 Å². The van der Waals surface area contributed by atoms with Crippen LogP contribution in [-0.4, -0.2) is 18.9 Å². The van der Waals surface area contributed by atoms with Crippen LogP contribution < -0.4 is 9.47 Å². The van der Waals surface area contributed by atoms with E-state index in [0.717, 1.165) is 18.2 Å². The van der Waals surface area contributed by atoms with Gasteiger partial charge < -0.3 is 14.2 Å². The molecule has 0 aromatic heterocycles. The fraction of sp³-hybridized carbons (Fsp3) is 0.308. The first-order chi connectivity index (χ1) is 10.1. The van der Waals surface area contributed by atoms with Crippen LogP contribution in [0.5, 0.6) is 11.5 Å². The third-order valence-electron chi connectivity index (χ3n) is 2.09. The van der Waals surface area contributed by atoms with Gasteiger partial charge in [-0.3, -0.25) is 0 Å². The Morgan fingerprint density at radius 3 is 2.50 bits per heavy atom. The highest BCUT2D eigenvalue weighted by molar-refractivity contribution is 14.1. The smallest absolute Gasteiger partial charge is 0.463 e. The quantitative estimate of drug-likeness (QED) is 0.230. The zero-order valence-electron chi connectivity index (χ0n) is 11.5. The first-order valence-electron chi connectivity index (χ1n) is 5.90. The highest BCUT2D eigenvalue weighted by Crippen LogP contribution is 2.33. The fourth-order valence-corrected chi connectivity index (χ4v) is 1.89. The molecule has 0 spiro atoms. The predicted octanol–water partition coefficient (Wildman–Crippen LogP) is 4.17. The predicted molar refractivity (Wildman–Crippen MR) is 76.8 cm³/mol. The van der Waals surface area contributed by atoms with Gasteiger partial charge in [0.05, 0.1) is 16.3 Å². The summed E-state index contributed by atoms with van der Waals surface area (Å²) in [7, 11) is 0. The van der Waals surface area contributed by atoms with Crippen molar-refractivity contribution in [1.82, 2.24) is 0 Å². The van der Waals surface area contributed by atoms with Crippen molar-refractivity contribution in [2.75, 3.05) is 6.61 Å². The van der Waals surface area contributed by atoms with Crippen LogP contribution in [0.4, 0.5) is 17.6 Å². The normalized spacial score (nSPS) is 12.0. The molecule has 9 heteroatoms. The summed E-state index contributed by atoms with van der Waals surface area (Å²) in [5, 5.41) is 0. The van der Waals surface area contributed by atoms with Gasteiger partial charge in [-0.1, -0.05) is 0 Å². The molecule has 0 unspecified atom stereocenters. The van der Waals surface area contributed by atoms with Gasteiger partial charge in [0.1, 0.15) is 11.5 Å². The van der Waals surface area contributed by atoms with Gasteiger partial charge in [-0.2, -0.15) is 0 Å². The van der Waals surface area contributed by atoms with Crippen molar-refractivity contribution in [3.63, 3.8) is 0 Å². The van der Waals surface area contributed by atoms with E-state index in [4.69, 9.17) is 4.74 Å². The Morgan fingerprint density at radius 1 is 1.32 bits per heavy atom. The summed E-state index contributed by atoms with van der Waals surface area (Å²) in [6.45, 7) is 3.23. The second-order valence-electron chi connectivity index (χ2n) is 3.87. The van der Waals surface area contributed by atoms with E-state index < -0.39 is 23.9 Å². The Bertz CT molecular complexity index is 584. The Morgan fingerprint density at radius 2 is 1.95 bits per heavy atom. The third-order valence-corrected chi connectivity index (χ3v) is 2.93. The van der Waals surface area contributed by atoms with E-state index in [1.54, 1.807) is 29.5 Å². The zero-order chi connectivity index (χ0) is 16.9. The molecule has 0 aliphatic carbocycles. The standard InChI is InChI=1S/C13H11F4IO4/c1-3-20-12(19)4-7(2)21-11-5-8(14)10(6-9(11)18)22-13(15,16)17/h4-6H,3H2,1-2H3/b7-4+. The molecule has 0 fully saturated rings. The van der Waals surface area contributed by atoms with E-state index in [9.17, 15) is 22.4 Å². The minimum absolute atomic E-state index is 0.0503. The topological polar surface area (TPSA) is 44.8 Å². The van der Waals surface area contributed by atoms with Crippen molar-refractivity contribution in [2.45, 2.75) is 20.2 Å². The second kappa shape index (κ2) is 7.65. The summed E-state index contributed by atoms with van der Waals surface area (Å²) in [5.41, 5.74) is 0. The number of benzene rings is 1. The molecule has 0 saturated heterocycles. The number of rotatable bonds is 5. The highest BCUT2D eigenvalue weighted by atomic mass is 127. The maximum Gasteiger partial charge on any atom is 0.573 e. The summed E-state index contributed by atoms with van der Waals surface area (Å²) in [5.74, 6) is -2.80. The molecular formula is C13H11F4IO4.